The second-order valence-electron chi connectivity index (χ2n) is 5.28. The lowest BCUT2D eigenvalue weighted by Crippen LogP contribution is -2.35. The summed E-state index contributed by atoms with van der Waals surface area (Å²) in [7, 11) is 0. The number of piperidine rings is 1. The lowest BCUT2D eigenvalue weighted by Gasteiger charge is -2.34. The Hall–Kier alpha value is -1.28. The number of hydrogen-bond acceptors (Lipinski definition) is 2. The van der Waals surface area contributed by atoms with Gasteiger partial charge in [0.15, 0.2) is 0 Å². The SMILES string of the molecule is c1ccc2c(c1)OC1CCC3CCNCC3=C21. The number of benzene rings is 1. The van der Waals surface area contributed by atoms with Crippen molar-refractivity contribution in [1.29, 1.82) is 0 Å². The maximum absolute atomic E-state index is 6.07. The van der Waals surface area contributed by atoms with E-state index in [9.17, 15) is 0 Å². The highest BCUT2D eigenvalue weighted by Crippen LogP contribution is 2.47. The molecule has 0 spiro atoms. The van der Waals surface area contributed by atoms with Crippen LogP contribution in [0.15, 0.2) is 29.8 Å². The van der Waals surface area contributed by atoms with Crippen molar-refractivity contribution in [2.24, 2.45) is 5.92 Å². The highest BCUT2D eigenvalue weighted by Gasteiger charge is 2.37. The standard InChI is InChI=1S/C15H17NO/c1-2-4-13-11(3-1)15-12-9-16-8-7-10(12)5-6-14(15)17-13/h1-4,10,14,16H,5-9H2. The van der Waals surface area contributed by atoms with Gasteiger partial charge in [-0.25, -0.2) is 0 Å². The van der Waals surface area contributed by atoms with Gasteiger partial charge >= 0.3 is 0 Å². The van der Waals surface area contributed by atoms with Crippen LogP contribution < -0.4 is 10.1 Å². The monoisotopic (exact) mass is 227 g/mol. The molecule has 2 unspecified atom stereocenters. The van der Waals surface area contributed by atoms with Crippen LogP contribution in [-0.2, 0) is 0 Å². The highest BCUT2D eigenvalue weighted by molar-refractivity contribution is 5.80. The Balaban J connectivity index is 1.88. The molecule has 1 saturated heterocycles. The maximum atomic E-state index is 6.07. The molecule has 0 amide bonds. The van der Waals surface area contributed by atoms with Gasteiger partial charge in [-0.3, -0.25) is 0 Å². The zero-order valence-corrected chi connectivity index (χ0v) is 9.91. The molecular formula is C15H17NO. The molecule has 2 heterocycles. The Morgan fingerprint density at radius 2 is 2.06 bits per heavy atom. The van der Waals surface area contributed by atoms with E-state index in [0.717, 1.165) is 18.2 Å². The molecule has 0 saturated carbocycles. The van der Waals surface area contributed by atoms with Crippen molar-refractivity contribution in [3.05, 3.63) is 35.4 Å². The first kappa shape index (κ1) is 9.72. The van der Waals surface area contributed by atoms with Crippen LogP contribution in [0.1, 0.15) is 24.8 Å². The molecule has 1 N–H and O–H groups in total. The van der Waals surface area contributed by atoms with Gasteiger partial charge in [0, 0.05) is 17.7 Å². The molecule has 4 rings (SSSR count). The lowest BCUT2D eigenvalue weighted by molar-refractivity contribution is 0.236. The predicted octanol–water partition coefficient (Wildman–Crippen LogP) is 2.60. The van der Waals surface area contributed by atoms with Crippen LogP contribution >= 0.6 is 0 Å². The number of ether oxygens (including phenoxy) is 1. The molecule has 2 heteroatoms. The van der Waals surface area contributed by atoms with Crippen molar-refractivity contribution in [3.63, 3.8) is 0 Å². The van der Waals surface area contributed by atoms with E-state index in [1.807, 2.05) is 0 Å². The zero-order chi connectivity index (χ0) is 11.2. The molecular weight excluding hydrogens is 210 g/mol. The first-order valence-corrected chi connectivity index (χ1v) is 6.63. The summed E-state index contributed by atoms with van der Waals surface area (Å²) in [5.74, 6) is 1.89. The molecule has 2 nitrogen and oxygen atoms in total. The quantitative estimate of drug-likeness (QED) is 0.735. The number of para-hydroxylation sites is 1. The molecule has 2 atom stereocenters. The summed E-state index contributed by atoms with van der Waals surface area (Å²) in [5.41, 5.74) is 4.47. The summed E-state index contributed by atoms with van der Waals surface area (Å²) in [6, 6.07) is 8.51. The van der Waals surface area contributed by atoms with Crippen molar-refractivity contribution in [1.82, 2.24) is 5.32 Å². The van der Waals surface area contributed by atoms with E-state index in [2.05, 4.69) is 29.6 Å². The van der Waals surface area contributed by atoms with Crippen molar-refractivity contribution < 1.29 is 4.74 Å². The highest BCUT2D eigenvalue weighted by atomic mass is 16.5. The van der Waals surface area contributed by atoms with Crippen molar-refractivity contribution in [2.75, 3.05) is 13.1 Å². The van der Waals surface area contributed by atoms with Gasteiger partial charge in [-0.2, -0.15) is 0 Å². The minimum Gasteiger partial charge on any atom is -0.485 e. The third-order valence-corrected chi connectivity index (χ3v) is 4.37. The number of hydrogen-bond donors (Lipinski definition) is 1. The molecule has 88 valence electrons. The van der Waals surface area contributed by atoms with Crippen LogP contribution in [0.4, 0.5) is 0 Å². The summed E-state index contributed by atoms with van der Waals surface area (Å²) in [6.07, 6.45) is 4.13. The average Bonchev–Trinajstić information content (AvgIpc) is 2.77. The molecule has 1 aliphatic carbocycles. The Kier molecular flexibility index (Phi) is 2.06. The van der Waals surface area contributed by atoms with E-state index in [0.29, 0.717) is 6.10 Å². The van der Waals surface area contributed by atoms with E-state index in [-0.39, 0.29) is 0 Å². The van der Waals surface area contributed by atoms with Crippen molar-refractivity contribution in [3.8, 4) is 5.75 Å². The van der Waals surface area contributed by atoms with E-state index >= 15 is 0 Å². The van der Waals surface area contributed by atoms with Gasteiger partial charge in [0.05, 0.1) is 0 Å². The fraction of sp³-hybridized carbons (Fsp3) is 0.467. The molecule has 2 aliphatic heterocycles. The van der Waals surface area contributed by atoms with Gasteiger partial charge in [-0.05, 0) is 43.4 Å². The Morgan fingerprint density at radius 3 is 3.06 bits per heavy atom. The minimum atomic E-state index is 0.332. The first-order chi connectivity index (χ1) is 8.43. The van der Waals surface area contributed by atoms with E-state index in [1.165, 1.54) is 36.9 Å². The Morgan fingerprint density at radius 1 is 1.12 bits per heavy atom. The normalized spacial score (nSPS) is 30.4. The smallest absolute Gasteiger partial charge is 0.127 e. The zero-order valence-electron chi connectivity index (χ0n) is 9.91. The second-order valence-corrected chi connectivity index (χ2v) is 5.28. The third kappa shape index (κ3) is 1.37. The first-order valence-electron chi connectivity index (χ1n) is 6.63. The van der Waals surface area contributed by atoms with Crippen LogP contribution in [0.2, 0.25) is 0 Å². The van der Waals surface area contributed by atoms with E-state index in [1.54, 1.807) is 5.57 Å². The summed E-state index contributed by atoms with van der Waals surface area (Å²) >= 11 is 0. The van der Waals surface area contributed by atoms with Crippen LogP contribution in [0.25, 0.3) is 5.57 Å². The fourth-order valence-corrected chi connectivity index (χ4v) is 3.56. The summed E-state index contributed by atoms with van der Waals surface area (Å²) in [6.45, 7) is 2.24. The molecule has 1 aromatic carbocycles. The van der Waals surface area contributed by atoms with Crippen molar-refractivity contribution >= 4 is 5.57 Å². The summed E-state index contributed by atoms with van der Waals surface area (Å²) in [5, 5.41) is 3.51. The van der Waals surface area contributed by atoms with Gasteiger partial charge in [0.2, 0.25) is 0 Å². The molecule has 1 aromatic rings. The average molecular weight is 227 g/mol. The molecule has 0 radical (unpaired) electrons. The second kappa shape index (κ2) is 3.61. The number of fused-ring (bicyclic) bond motifs is 4. The number of nitrogens with one attached hydrogen (secondary N) is 1. The lowest BCUT2D eigenvalue weighted by atomic mass is 9.76. The van der Waals surface area contributed by atoms with Gasteiger partial charge in [0.25, 0.3) is 0 Å². The van der Waals surface area contributed by atoms with E-state index < -0.39 is 0 Å². The van der Waals surface area contributed by atoms with Gasteiger partial charge in [0.1, 0.15) is 11.9 Å². The van der Waals surface area contributed by atoms with Crippen LogP contribution in [0.5, 0.6) is 5.75 Å². The largest absolute Gasteiger partial charge is 0.485 e. The Labute approximate surface area is 102 Å². The Bertz CT molecular complexity index is 491. The van der Waals surface area contributed by atoms with E-state index in [4.69, 9.17) is 4.74 Å². The molecule has 0 bridgehead atoms. The molecule has 0 aromatic heterocycles. The minimum absolute atomic E-state index is 0.332. The topological polar surface area (TPSA) is 21.3 Å². The summed E-state index contributed by atoms with van der Waals surface area (Å²) < 4.78 is 6.07. The molecule has 1 fully saturated rings. The van der Waals surface area contributed by atoms with Crippen LogP contribution in [0.3, 0.4) is 0 Å². The van der Waals surface area contributed by atoms with Gasteiger partial charge in [-0.15, -0.1) is 0 Å². The van der Waals surface area contributed by atoms with Crippen molar-refractivity contribution in [2.45, 2.75) is 25.4 Å². The summed E-state index contributed by atoms with van der Waals surface area (Å²) in [4.78, 5) is 0. The third-order valence-electron chi connectivity index (χ3n) is 4.37. The number of rotatable bonds is 0. The van der Waals surface area contributed by atoms with Gasteiger partial charge in [-0.1, -0.05) is 18.2 Å². The maximum Gasteiger partial charge on any atom is 0.127 e. The fourth-order valence-electron chi connectivity index (χ4n) is 3.56. The van der Waals surface area contributed by atoms with Gasteiger partial charge < -0.3 is 10.1 Å². The van der Waals surface area contributed by atoms with Crippen LogP contribution in [-0.4, -0.2) is 19.2 Å². The molecule has 3 aliphatic rings. The van der Waals surface area contributed by atoms with Crippen LogP contribution in [0, 0.1) is 5.92 Å². The molecule has 17 heavy (non-hydrogen) atoms. The predicted molar refractivity (Wildman–Crippen MR) is 68.0 cm³/mol.